The van der Waals surface area contributed by atoms with Gasteiger partial charge in [0.2, 0.25) is 5.91 Å². The van der Waals surface area contributed by atoms with Crippen molar-refractivity contribution < 1.29 is 4.79 Å². The number of carbonyl (C=O) groups is 1. The van der Waals surface area contributed by atoms with Crippen LogP contribution in [0.1, 0.15) is 12.8 Å². The molecule has 0 radical (unpaired) electrons. The second-order valence-electron chi connectivity index (χ2n) is 7.10. The third kappa shape index (κ3) is 4.26. The monoisotopic (exact) mass is 433 g/mol. The molecule has 4 aromatic rings. The molecule has 10 nitrogen and oxygen atoms in total. The van der Waals surface area contributed by atoms with E-state index in [1.165, 1.54) is 24.0 Å². The van der Waals surface area contributed by atoms with Crippen molar-refractivity contribution in [2.75, 3.05) is 23.3 Å². The molecule has 0 aliphatic carbocycles. The highest BCUT2D eigenvalue weighted by Crippen LogP contribution is 2.26. The molecule has 0 spiro atoms. The van der Waals surface area contributed by atoms with E-state index >= 15 is 0 Å². The van der Waals surface area contributed by atoms with Crippen LogP contribution in [0, 0.1) is 5.92 Å². The minimum atomic E-state index is -0.152. The number of nitrogens with one attached hydrogen (secondary N) is 1. The van der Waals surface area contributed by atoms with E-state index in [1.807, 2.05) is 29.6 Å². The van der Waals surface area contributed by atoms with Gasteiger partial charge in [-0.05, 0) is 25.0 Å². The Hall–Kier alpha value is -3.73. The van der Waals surface area contributed by atoms with E-state index in [0.29, 0.717) is 17.5 Å². The molecule has 4 aromatic heterocycles. The molecule has 1 amide bonds. The van der Waals surface area contributed by atoms with Crippen molar-refractivity contribution in [3.63, 3.8) is 0 Å². The minimum absolute atomic E-state index is 0.0304. The van der Waals surface area contributed by atoms with E-state index in [9.17, 15) is 4.79 Å². The maximum atomic E-state index is 12.9. The van der Waals surface area contributed by atoms with Gasteiger partial charge in [-0.2, -0.15) is 5.10 Å². The van der Waals surface area contributed by atoms with Crippen LogP contribution in [-0.4, -0.2) is 53.7 Å². The fourth-order valence-corrected chi connectivity index (χ4v) is 4.24. The molecule has 0 saturated carbocycles. The van der Waals surface area contributed by atoms with Crippen molar-refractivity contribution in [3.8, 4) is 17.2 Å². The molecule has 5 rings (SSSR count). The Kier molecular flexibility index (Phi) is 5.31. The van der Waals surface area contributed by atoms with Gasteiger partial charge in [0.25, 0.3) is 0 Å². The van der Waals surface area contributed by atoms with Gasteiger partial charge in [0.15, 0.2) is 10.9 Å². The molecule has 0 bridgehead atoms. The van der Waals surface area contributed by atoms with Gasteiger partial charge in [-0.15, -0.1) is 11.3 Å². The van der Waals surface area contributed by atoms with Gasteiger partial charge in [-0.3, -0.25) is 9.78 Å². The van der Waals surface area contributed by atoms with Gasteiger partial charge >= 0.3 is 0 Å². The summed E-state index contributed by atoms with van der Waals surface area (Å²) in [5.74, 6) is 1.22. The van der Waals surface area contributed by atoms with Crippen LogP contribution in [0.15, 0.2) is 54.8 Å². The second-order valence-corrected chi connectivity index (χ2v) is 7.96. The Morgan fingerprint density at radius 2 is 2.06 bits per heavy atom. The van der Waals surface area contributed by atoms with Gasteiger partial charge in [-0.25, -0.2) is 24.6 Å². The summed E-state index contributed by atoms with van der Waals surface area (Å²) in [6, 6.07) is 7.53. The van der Waals surface area contributed by atoms with Crippen molar-refractivity contribution >= 4 is 28.2 Å². The lowest BCUT2D eigenvalue weighted by Crippen LogP contribution is -2.41. The van der Waals surface area contributed by atoms with Crippen molar-refractivity contribution in [1.82, 2.24) is 34.7 Å². The molecule has 1 aliphatic rings. The largest absolute Gasteiger partial charge is 0.356 e. The highest BCUT2D eigenvalue weighted by atomic mass is 32.1. The average molecular weight is 434 g/mol. The quantitative estimate of drug-likeness (QED) is 0.510. The second kappa shape index (κ2) is 8.56. The predicted octanol–water partition coefficient (Wildman–Crippen LogP) is 2.43. The topological polar surface area (TPSA) is 115 Å². The number of carbonyl (C=O) groups excluding carboxylic acids is 1. The lowest BCUT2D eigenvalue weighted by molar-refractivity contribution is -0.120. The van der Waals surface area contributed by atoms with Crippen LogP contribution < -0.4 is 10.2 Å². The van der Waals surface area contributed by atoms with Gasteiger partial charge in [-0.1, -0.05) is 6.07 Å². The number of piperidine rings is 1. The minimum Gasteiger partial charge on any atom is -0.356 e. The summed E-state index contributed by atoms with van der Waals surface area (Å²) in [5, 5.41) is 9.56. The molecule has 1 N–H and O–H groups in total. The summed E-state index contributed by atoms with van der Waals surface area (Å²) in [4.78, 5) is 36.4. The van der Waals surface area contributed by atoms with Crippen LogP contribution in [0.5, 0.6) is 0 Å². The maximum absolute atomic E-state index is 12.9. The van der Waals surface area contributed by atoms with Crippen LogP contribution in [0.4, 0.5) is 10.9 Å². The SMILES string of the molecule is O=C(Nc1nc(-c2ccccn2)cs1)[C@H]1CCCN(c2cc(-n3cncn3)ncn2)C1. The molecular formula is C20H19N9OS. The molecule has 1 aliphatic heterocycles. The summed E-state index contributed by atoms with van der Waals surface area (Å²) >= 11 is 1.40. The summed E-state index contributed by atoms with van der Waals surface area (Å²) in [6.45, 7) is 1.41. The molecule has 1 atom stereocenters. The molecule has 11 heteroatoms. The predicted molar refractivity (Wildman–Crippen MR) is 116 cm³/mol. The third-order valence-corrected chi connectivity index (χ3v) is 5.83. The summed E-state index contributed by atoms with van der Waals surface area (Å²) in [7, 11) is 0. The normalized spacial score (nSPS) is 16.3. The van der Waals surface area contributed by atoms with E-state index in [4.69, 9.17) is 0 Å². The number of amides is 1. The number of rotatable bonds is 5. The van der Waals surface area contributed by atoms with Gasteiger partial charge in [0.05, 0.1) is 11.6 Å². The standard InChI is InChI=1S/C20H19N9OS/c30-19(27-20-26-16(10-31-20)15-5-1-2-6-22-15)14-4-3-7-28(9-14)17-8-18(24-12-23-17)29-13-21-11-25-29/h1-2,5-6,8,10-14H,3-4,7,9H2,(H,26,27,30)/t14-/m0/s1. The van der Waals surface area contributed by atoms with Crippen LogP contribution in [0.2, 0.25) is 0 Å². The zero-order valence-corrected chi connectivity index (χ0v) is 17.3. The molecule has 0 aromatic carbocycles. The van der Waals surface area contributed by atoms with Crippen LogP contribution in [0.25, 0.3) is 17.2 Å². The molecule has 0 unspecified atom stereocenters. The summed E-state index contributed by atoms with van der Waals surface area (Å²) in [5.41, 5.74) is 1.54. The lowest BCUT2D eigenvalue weighted by atomic mass is 9.97. The Bertz CT molecular complexity index is 1160. The highest BCUT2D eigenvalue weighted by Gasteiger charge is 2.27. The smallest absolute Gasteiger partial charge is 0.231 e. The maximum Gasteiger partial charge on any atom is 0.231 e. The molecule has 1 saturated heterocycles. The van der Waals surface area contributed by atoms with Crippen LogP contribution in [-0.2, 0) is 4.79 Å². The lowest BCUT2D eigenvalue weighted by Gasteiger charge is -2.32. The van der Waals surface area contributed by atoms with Crippen molar-refractivity contribution in [1.29, 1.82) is 0 Å². The molecule has 31 heavy (non-hydrogen) atoms. The van der Waals surface area contributed by atoms with E-state index < -0.39 is 0 Å². The van der Waals surface area contributed by atoms with Gasteiger partial charge in [0, 0.05) is 30.7 Å². The number of anilines is 2. The Balaban J connectivity index is 1.26. The van der Waals surface area contributed by atoms with Crippen LogP contribution >= 0.6 is 11.3 Å². The molecule has 5 heterocycles. The van der Waals surface area contributed by atoms with Gasteiger partial charge in [0.1, 0.15) is 30.5 Å². The first kappa shape index (κ1) is 19.2. The number of thiazole rings is 1. The van der Waals surface area contributed by atoms with E-state index in [2.05, 4.69) is 40.2 Å². The average Bonchev–Trinajstić information content (AvgIpc) is 3.53. The number of nitrogens with zero attached hydrogens (tertiary/aromatic N) is 8. The van der Waals surface area contributed by atoms with Crippen LogP contribution in [0.3, 0.4) is 0 Å². The van der Waals surface area contributed by atoms with Gasteiger partial charge < -0.3 is 10.2 Å². The molecular weight excluding hydrogens is 414 g/mol. The fraction of sp³-hybridized carbons (Fsp3) is 0.250. The third-order valence-electron chi connectivity index (χ3n) is 5.07. The van der Waals surface area contributed by atoms with E-state index in [0.717, 1.165) is 36.6 Å². The molecule has 1 fully saturated rings. The molecule has 156 valence electrons. The van der Waals surface area contributed by atoms with Crippen molar-refractivity contribution in [3.05, 3.63) is 54.8 Å². The summed E-state index contributed by atoms with van der Waals surface area (Å²) < 4.78 is 1.58. The first-order chi connectivity index (χ1) is 15.3. The van der Waals surface area contributed by atoms with Crippen molar-refractivity contribution in [2.45, 2.75) is 12.8 Å². The highest BCUT2D eigenvalue weighted by molar-refractivity contribution is 7.14. The number of aromatic nitrogens is 7. The first-order valence-electron chi connectivity index (χ1n) is 9.86. The zero-order valence-electron chi connectivity index (χ0n) is 16.5. The number of pyridine rings is 1. The number of hydrogen-bond acceptors (Lipinski definition) is 9. The fourth-order valence-electron chi connectivity index (χ4n) is 3.53. The summed E-state index contributed by atoms with van der Waals surface area (Å²) in [6.07, 6.45) is 8.00. The van der Waals surface area contributed by atoms with Crippen molar-refractivity contribution in [2.24, 2.45) is 5.92 Å². The Labute approximate surface area is 182 Å². The zero-order chi connectivity index (χ0) is 21.0. The van der Waals surface area contributed by atoms with E-state index in [1.54, 1.807) is 17.2 Å². The first-order valence-corrected chi connectivity index (χ1v) is 10.7. The Morgan fingerprint density at radius 3 is 2.90 bits per heavy atom. The Morgan fingerprint density at radius 1 is 1.13 bits per heavy atom. The van der Waals surface area contributed by atoms with E-state index in [-0.39, 0.29) is 11.8 Å². The number of hydrogen-bond donors (Lipinski definition) is 1.